The van der Waals surface area contributed by atoms with Crippen molar-refractivity contribution in [3.63, 3.8) is 0 Å². The van der Waals surface area contributed by atoms with Gasteiger partial charge in [0, 0.05) is 19.0 Å². The molecule has 0 saturated heterocycles. The minimum atomic E-state index is 0.254. The van der Waals surface area contributed by atoms with Gasteiger partial charge in [-0.1, -0.05) is 43.7 Å². The summed E-state index contributed by atoms with van der Waals surface area (Å²) in [6.45, 7) is 4.36. The molecule has 1 atom stereocenters. The maximum atomic E-state index is 7.63. The molecule has 19 heavy (non-hydrogen) atoms. The van der Waals surface area contributed by atoms with E-state index in [1.165, 1.54) is 24.8 Å². The average Bonchev–Trinajstić information content (AvgIpc) is 2.36. The van der Waals surface area contributed by atoms with Gasteiger partial charge in [-0.05, 0) is 30.9 Å². The summed E-state index contributed by atoms with van der Waals surface area (Å²) in [6.07, 6.45) is 4.73. The van der Waals surface area contributed by atoms with E-state index in [0.717, 1.165) is 19.0 Å². The Morgan fingerprint density at radius 1 is 1.37 bits per heavy atom. The first kappa shape index (κ1) is 14.1. The van der Waals surface area contributed by atoms with Crippen LogP contribution in [0.5, 0.6) is 0 Å². The van der Waals surface area contributed by atoms with Crippen molar-refractivity contribution < 1.29 is 0 Å². The van der Waals surface area contributed by atoms with Crippen LogP contribution in [0.3, 0.4) is 0 Å². The first-order valence-corrected chi connectivity index (χ1v) is 7.32. The van der Waals surface area contributed by atoms with Gasteiger partial charge in [-0.25, -0.2) is 0 Å². The fourth-order valence-corrected chi connectivity index (χ4v) is 2.83. The number of rotatable bonds is 7. The van der Waals surface area contributed by atoms with E-state index in [-0.39, 0.29) is 11.9 Å². The number of benzene rings is 1. The molecule has 0 spiro atoms. The summed E-state index contributed by atoms with van der Waals surface area (Å²) in [7, 11) is 0. The molecule has 1 saturated carbocycles. The van der Waals surface area contributed by atoms with Crippen molar-refractivity contribution in [2.45, 2.75) is 38.6 Å². The average molecular weight is 259 g/mol. The lowest BCUT2D eigenvalue weighted by atomic mass is 9.84. The monoisotopic (exact) mass is 259 g/mol. The second-order valence-electron chi connectivity index (χ2n) is 5.54. The number of hydrogen-bond donors (Lipinski definition) is 2. The van der Waals surface area contributed by atoms with E-state index in [9.17, 15) is 0 Å². The third-order valence-corrected chi connectivity index (χ3v) is 4.16. The van der Waals surface area contributed by atoms with Crippen LogP contribution >= 0.6 is 0 Å². The molecule has 0 heterocycles. The normalized spacial score (nSPS) is 17.2. The topological polar surface area (TPSA) is 53.1 Å². The number of nitrogens with one attached hydrogen (secondary N) is 1. The summed E-state index contributed by atoms with van der Waals surface area (Å²) in [5, 5.41) is 7.63. The number of amidine groups is 1. The van der Waals surface area contributed by atoms with Gasteiger partial charge in [0.1, 0.15) is 0 Å². The number of nitrogens with two attached hydrogens (primary N) is 1. The van der Waals surface area contributed by atoms with Gasteiger partial charge >= 0.3 is 0 Å². The second kappa shape index (κ2) is 6.71. The third-order valence-electron chi connectivity index (χ3n) is 4.16. The molecule has 0 radical (unpaired) electrons. The summed E-state index contributed by atoms with van der Waals surface area (Å²) >= 11 is 0. The van der Waals surface area contributed by atoms with Gasteiger partial charge in [0.2, 0.25) is 0 Å². The lowest BCUT2D eigenvalue weighted by Crippen LogP contribution is -2.37. The van der Waals surface area contributed by atoms with Crippen LogP contribution in [0.4, 0.5) is 0 Å². The van der Waals surface area contributed by atoms with Crippen LogP contribution in [0.15, 0.2) is 30.3 Å². The minimum Gasteiger partial charge on any atom is -0.388 e. The molecule has 0 amide bonds. The van der Waals surface area contributed by atoms with Crippen molar-refractivity contribution in [1.29, 1.82) is 5.41 Å². The molecular weight excluding hydrogens is 234 g/mol. The van der Waals surface area contributed by atoms with Crippen molar-refractivity contribution >= 4 is 5.84 Å². The van der Waals surface area contributed by atoms with Gasteiger partial charge < -0.3 is 5.73 Å². The first-order valence-electron chi connectivity index (χ1n) is 7.32. The maximum Gasteiger partial charge on any atom is 0.0924 e. The highest BCUT2D eigenvalue weighted by molar-refractivity contribution is 5.77. The molecule has 1 fully saturated rings. The Balaban J connectivity index is 2.12. The maximum absolute atomic E-state index is 7.63. The summed E-state index contributed by atoms with van der Waals surface area (Å²) in [6, 6.07) is 10.7. The van der Waals surface area contributed by atoms with Crippen molar-refractivity contribution in [3.05, 3.63) is 35.9 Å². The molecule has 0 aromatic heterocycles. The van der Waals surface area contributed by atoms with Gasteiger partial charge in [-0.2, -0.15) is 0 Å². The van der Waals surface area contributed by atoms with Gasteiger partial charge in [0.05, 0.1) is 5.84 Å². The van der Waals surface area contributed by atoms with Crippen LogP contribution in [0.1, 0.15) is 44.2 Å². The molecule has 1 aliphatic carbocycles. The molecule has 1 aromatic carbocycles. The smallest absolute Gasteiger partial charge is 0.0924 e. The molecule has 0 bridgehead atoms. The van der Waals surface area contributed by atoms with Crippen LogP contribution < -0.4 is 5.73 Å². The Morgan fingerprint density at radius 2 is 2.05 bits per heavy atom. The van der Waals surface area contributed by atoms with Crippen LogP contribution in [0, 0.1) is 11.3 Å². The molecule has 3 N–H and O–H groups in total. The van der Waals surface area contributed by atoms with Crippen molar-refractivity contribution in [2.24, 2.45) is 11.7 Å². The molecule has 104 valence electrons. The van der Waals surface area contributed by atoms with E-state index in [2.05, 4.69) is 36.1 Å². The quantitative estimate of drug-likeness (QED) is 0.583. The lowest BCUT2D eigenvalue weighted by Gasteiger charge is -2.37. The highest BCUT2D eigenvalue weighted by Gasteiger charge is 2.25. The van der Waals surface area contributed by atoms with Crippen LogP contribution in [-0.2, 0) is 0 Å². The van der Waals surface area contributed by atoms with Gasteiger partial charge in [0.15, 0.2) is 0 Å². The molecule has 0 aliphatic heterocycles. The van der Waals surface area contributed by atoms with Gasteiger partial charge in [0.25, 0.3) is 0 Å². The molecule has 3 nitrogen and oxygen atoms in total. The first-order chi connectivity index (χ1) is 9.20. The predicted octanol–water partition coefficient (Wildman–Crippen LogP) is 3.18. The van der Waals surface area contributed by atoms with Crippen molar-refractivity contribution in [3.8, 4) is 0 Å². The number of hydrogen-bond acceptors (Lipinski definition) is 2. The van der Waals surface area contributed by atoms with E-state index in [1.54, 1.807) is 0 Å². The fourth-order valence-electron chi connectivity index (χ4n) is 2.83. The van der Waals surface area contributed by atoms with E-state index in [0.29, 0.717) is 6.42 Å². The molecule has 1 aliphatic rings. The third kappa shape index (κ3) is 3.80. The SMILES string of the molecule is CCN(CC1CCC1)C(CC(=N)N)c1ccccc1. The van der Waals surface area contributed by atoms with Crippen molar-refractivity contribution in [2.75, 3.05) is 13.1 Å². The molecule has 1 unspecified atom stereocenters. The number of nitrogens with zero attached hydrogens (tertiary/aromatic N) is 1. The highest BCUT2D eigenvalue weighted by atomic mass is 15.2. The summed E-state index contributed by atoms with van der Waals surface area (Å²) < 4.78 is 0. The Labute approximate surface area is 116 Å². The standard InChI is InChI=1S/C16H25N3/c1-2-19(12-13-7-6-8-13)15(11-16(17)18)14-9-4-3-5-10-14/h3-5,9-10,13,15H,2,6-8,11-12H2,1H3,(H3,17,18). The zero-order valence-corrected chi connectivity index (χ0v) is 11.8. The summed E-state index contributed by atoms with van der Waals surface area (Å²) in [5.41, 5.74) is 6.93. The highest BCUT2D eigenvalue weighted by Crippen LogP contribution is 2.31. The molecular formula is C16H25N3. The molecule has 1 aromatic rings. The fraction of sp³-hybridized carbons (Fsp3) is 0.562. The van der Waals surface area contributed by atoms with Crippen LogP contribution in [-0.4, -0.2) is 23.8 Å². The Hall–Kier alpha value is -1.35. The Bertz CT molecular complexity index is 398. The van der Waals surface area contributed by atoms with E-state index in [4.69, 9.17) is 11.1 Å². The summed E-state index contributed by atoms with van der Waals surface area (Å²) in [5.74, 6) is 1.12. The lowest BCUT2D eigenvalue weighted by molar-refractivity contribution is 0.140. The van der Waals surface area contributed by atoms with Crippen LogP contribution in [0.25, 0.3) is 0 Å². The van der Waals surface area contributed by atoms with Crippen LogP contribution in [0.2, 0.25) is 0 Å². The minimum absolute atomic E-state index is 0.254. The zero-order chi connectivity index (χ0) is 13.7. The molecule has 3 heteroatoms. The van der Waals surface area contributed by atoms with Gasteiger partial charge in [-0.3, -0.25) is 10.3 Å². The molecule has 2 rings (SSSR count). The second-order valence-corrected chi connectivity index (χ2v) is 5.54. The summed E-state index contributed by atoms with van der Waals surface area (Å²) in [4.78, 5) is 2.49. The zero-order valence-electron chi connectivity index (χ0n) is 11.8. The Morgan fingerprint density at radius 3 is 2.53 bits per heavy atom. The van der Waals surface area contributed by atoms with E-state index >= 15 is 0 Å². The Kier molecular flexibility index (Phi) is 4.97. The van der Waals surface area contributed by atoms with E-state index < -0.39 is 0 Å². The predicted molar refractivity (Wildman–Crippen MR) is 80.3 cm³/mol. The van der Waals surface area contributed by atoms with Gasteiger partial charge in [-0.15, -0.1) is 0 Å². The van der Waals surface area contributed by atoms with Crippen molar-refractivity contribution in [1.82, 2.24) is 4.90 Å². The van der Waals surface area contributed by atoms with E-state index in [1.807, 2.05) is 6.07 Å². The largest absolute Gasteiger partial charge is 0.388 e.